The van der Waals surface area contributed by atoms with Crippen molar-refractivity contribution < 1.29 is 49.0 Å². The van der Waals surface area contributed by atoms with Crippen LogP contribution in [0.5, 0.6) is 17.2 Å². The average molecular weight is 460 g/mol. The van der Waals surface area contributed by atoms with Crippen LogP contribution in [0.15, 0.2) is 57.7 Å². The number of esters is 1. The van der Waals surface area contributed by atoms with Crippen LogP contribution in [0.2, 0.25) is 0 Å². The number of hydrogen-bond donors (Lipinski definition) is 5. The van der Waals surface area contributed by atoms with Crippen molar-refractivity contribution in [3.63, 3.8) is 0 Å². The van der Waals surface area contributed by atoms with Crippen molar-refractivity contribution in [2.24, 2.45) is 0 Å². The Balaban J connectivity index is 1.59. The Bertz CT molecular complexity index is 1200. The van der Waals surface area contributed by atoms with Crippen LogP contribution < -0.4 is 15.1 Å². The number of rotatable bonds is 5. The number of fused-ring (bicyclic) bond motifs is 1. The minimum atomic E-state index is -1.64. The Morgan fingerprint density at radius 2 is 1.73 bits per heavy atom. The van der Waals surface area contributed by atoms with Crippen LogP contribution in [0.1, 0.15) is 10.4 Å². The zero-order valence-electron chi connectivity index (χ0n) is 16.9. The van der Waals surface area contributed by atoms with E-state index in [1.807, 2.05) is 0 Å². The second-order valence-electron chi connectivity index (χ2n) is 7.30. The maximum absolute atomic E-state index is 12.3. The highest BCUT2D eigenvalue weighted by Crippen LogP contribution is 2.34. The molecular formula is C22H20O11. The van der Waals surface area contributed by atoms with E-state index in [1.165, 1.54) is 30.3 Å². The summed E-state index contributed by atoms with van der Waals surface area (Å²) in [4.78, 5) is 24.6. The standard InChI is InChI=1S/C22H20O11/c23-9-14-16(25)17(26)18(27)22(32-14)30-11-6-7-12-13(8-11)31-21(29)19(15(12)24)33-20(28)10-4-2-1-3-5-10/h1-8,14,16-18,22-27H,9H2/t14-,16-,17+,18+,22-/m1/s1. The van der Waals surface area contributed by atoms with E-state index in [4.69, 9.17) is 18.6 Å². The van der Waals surface area contributed by atoms with Crippen molar-refractivity contribution >= 4 is 16.9 Å². The zero-order chi connectivity index (χ0) is 23.7. The van der Waals surface area contributed by atoms with Crippen molar-refractivity contribution in [1.82, 2.24) is 0 Å². The summed E-state index contributed by atoms with van der Waals surface area (Å²) in [6, 6.07) is 11.7. The van der Waals surface area contributed by atoms with Crippen LogP contribution in [0, 0.1) is 0 Å². The van der Waals surface area contributed by atoms with Crippen LogP contribution >= 0.6 is 0 Å². The molecule has 2 aromatic carbocycles. The third-order valence-electron chi connectivity index (χ3n) is 5.12. The normalized spacial score (nSPS) is 25.0. The molecule has 3 aromatic rings. The lowest BCUT2D eigenvalue weighted by Crippen LogP contribution is -2.60. The number of ether oxygens (including phenoxy) is 3. The number of carbonyl (C=O) groups is 1. The number of aliphatic hydroxyl groups is 4. The molecule has 11 heteroatoms. The number of benzene rings is 2. The highest BCUT2D eigenvalue weighted by molar-refractivity contribution is 5.93. The third-order valence-corrected chi connectivity index (χ3v) is 5.12. The Morgan fingerprint density at radius 1 is 1.00 bits per heavy atom. The highest BCUT2D eigenvalue weighted by Gasteiger charge is 2.44. The van der Waals surface area contributed by atoms with E-state index in [-0.39, 0.29) is 22.3 Å². The molecule has 5 N–H and O–H groups in total. The van der Waals surface area contributed by atoms with Gasteiger partial charge in [0.2, 0.25) is 6.29 Å². The fourth-order valence-electron chi connectivity index (χ4n) is 3.34. The highest BCUT2D eigenvalue weighted by atomic mass is 16.7. The molecule has 0 spiro atoms. The topological polar surface area (TPSA) is 176 Å². The van der Waals surface area contributed by atoms with Gasteiger partial charge in [-0.3, -0.25) is 0 Å². The Kier molecular flexibility index (Phi) is 6.31. The minimum Gasteiger partial charge on any atom is -0.504 e. The molecule has 1 aromatic heterocycles. The first-order chi connectivity index (χ1) is 15.8. The van der Waals surface area contributed by atoms with Crippen molar-refractivity contribution in [1.29, 1.82) is 0 Å². The lowest BCUT2D eigenvalue weighted by molar-refractivity contribution is -0.277. The molecule has 1 saturated heterocycles. The van der Waals surface area contributed by atoms with E-state index >= 15 is 0 Å². The lowest BCUT2D eigenvalue weighted by atomic mass is 9.99. The van der Waals surface area contributed by atoms with Gasteiger partial charge in [0.15, 0.2) is 5.75 Å². The van der Waals surface area contributed by atoms with Gasteiger partial charge in [-0.15, -0.1) is 0 Å². The van der Waals surface area contributed by atoms with Crippen LogP contribution in [0.25, 0.3) is 11.0 Å². The summed E-state index contributed by atoms with van der Waals surface area (Å²) >= 11 is 0. The quantitative estimate of drug-likeness (QED) is 0.254. The first kappa shape index (κ1) is 22.7. The van der Waals surface area contributed by atoms with Gasteiger partial charge in [-0.25, -0.2) is 9.59 Å². The summed E-state index contributed by atoms with van der Waals surface area (Å²) in [5, 5.41) is 49.6. The molecule has 0 saturated carbocycles. The molecule has 33 heavy (non-hydrogen) atoms. The molecule has 11 nitrogen and oxygen atoms in total. The van der Waals surface area contributed by atoms with Gasteiger partial charge in [-0.2, -0.15) is 0 Å². The molecule has 174 valence electrons. The molecule has 0 unspecified atom stereocenters. The number of aromatic hydroxyl groups is 1. The molecule has 0 aliphatic carbocycles. The Hall–Kier alpha value is -3.48. The Labute approximate surface area is 185 Å². The van der Waals surface area contributed by atoms with Gasteiger partial charge in [-0.05, 0) is 24.3 Å². The minimum absolute atomic E-state index is 0.0170. The second kappa shape index (κ2) is 9.17. The average Bonchev–Trinajstić information content (AvgIpc) is 2.82. The predicted molar refractivity (Wildman–Crippen MR) is 110 cm³/mol. The smallest absolute Gasteiger partial charge is 0.383 e. The van der Waals surface area contributed by atoms with E-state index in [9.17, 15) is 35.1 Å². The summed E-state index contributed by atoms with van der Waals surface area (Å²) in [6.45, 7) is -0.629. The molecule has 1 aliphatic rings. The third kappa shape index (κ3) is 4.40. The Morgan fingerprint density at radius 3 is 2.42 bits per heavy atom. The second-order valence-corrected chi connectivity index (χ2v) is 7.30. The van der Waals surface area contributed by atoms with Crippen LogP contribution in [0.3, 0.4) is 0 Å². The van der Waals surface area contributed by atoms with Crippen LogP contribution in [-0.4, -0.2) is 68.8 Å². The van der Waals surface area contributed by atoms with Gasteiger partial charge in [0.05, 0.1) is 17.6 Å². The van der Waals surface area contributed by atoms with Gasteiger partial charge in [-0.1, -0.05) is 18.2 Å². The molecule has 0 amide bonds. The van der Waals surface area contributed by atoms with Crippen LogP contribution in [0.4, 0.5) is 0 Å². The van der Waals surface area contributed by atoms with Crippen molar-refractivity contribution in [3.05, 3.63) is 64.5 Å². The van der Waals surface area contributed by atoms with Gasteiger partial charge in [0.1, 0.15) is 35.7 Å². The molecule has 0 radical (unpaired) electrons. The molecular weight excluding hydrogens is 440 g/mol. The first-order valence-corrected chi connectivity index (χ1v) is 9.84. The molecule has 1 fully saturated rings. The number of hydrogen-bond acceptors (Lipinski definition) is 11. The molecule has 5 atom stereocenters. The predicted octanol–water partition coefficient (Wildman–Crippen LogP) is -0.104. The van der Waals surface area contributed by atoms with Gasteiger partial charge in [0.25, 0.3) is 5.75 Å². The van der Waals surface area contributed by atoms with E-state index in [1.54, 1.807) is 18.2 Å². The lowest BCUT2D eigenvalue weighted by Gasteiger charge is -2.39. The summed E-state index contributed by atoms with van der Waals surface area (Å²) in [7, 11) is 0. The monoisotopic (exact) mass is 460 g/mol. The van der Waals surface area contributed by atoms with E-state index in [2.05, 4.69) is 0 Å². The number of carbonyl (C=O) groups excluding carboxylic acids is 1. The first-order valence-electron chi connectivity index (χ1n) is 9.84. The molecule has 2 heterocycles. The maximum Gasteiger partial charge on any atom is 0.383 e. The summed E-state index contributed by atoms with van der Waals surface area (Å²) in [5.74, 6) is -2.15. The van der Waals surface area contributed by atoms with Gasteiger partial charge in [0, 0.05) is 6.07 Å². The largest absolute Gasteiger partial charge is 0.504 e. The summed E-state index contributed by atoms with van der Waals surface area (Å²) in [5.41, 5.74) is -1.08. The SMILES string of the molecule is O=C(Oc1c(O)c2ccc(O[C@@H]3O[C@H](CO)[C@@H](O)[C@H](O)[C@@H]3O)cc2oc1=O)c1ccccc1. The zero-order valence-corrected chi connectivity index (χ0v) is 16.9. The van der Waals surface area contributed by atoms with E-state index in [0.717, 1.165) is 0 Å². The van der Waals surface area contributed by atoms with Gasteiger partial charge >= 0.3 is 11.6 Å². The summed E-state index contributed by atoms with van der Waals surface area (Å²) in [6.07, 6.45) is -7.44. The fraction of sp³-hybridized carbons (Fsp3) is 0.273. The molecule has 4 rings (SSSR count). The summed E-state index contributed by atoms with van der Waals surface area (Å²) < 4.78 is 20.9. The molecule has 1 aliphatic heterocycles. The van der Waals surface area contributed by atoms with E-state index in [0.29, 0.717) is 0 Å². The molecule has 0 bridgehead atoms. The van der Waals surface area contributed by atoms with Crippen LogP contribution in [-0.2, 0) is 4.74 Å². The van der Waals surface area contributed by atoms with E-state index < -0.39 is 60.4 Å². The maximum atomic E-state index is 12.3. The van der Waals surface area contributed by atoms with Crippen molar-refractivity contribution in [2.75, 3.05) is 6.61 Å². The van der Waals surface area contributed by atoms with Crippen molar-refractivity contribution in [3.8, 4) is 17.2 Å². The fourth-order valence-corrected chi connectivity index (χ4v) is 3.34. The number of aliphatic hydroxyl groups excluding tert-OH is 4. The van der Waals surface area contributed by atoms with Crippen molar-refractivity contribution in [2.45, 2.75) is 30.7 Å². The van der Waals surface area contributed by atoms with Gasteiger partial charge < -0.3 is 44.2 Å².